The third-order valence-corrected chi connectivity index (χ3v) is 3.68. The van der Waals surface area contributed by atoms with Crippen LogP contribution in [-0.2, 0) is 18.8 Å². The van der Waals surface area contributed by atoms with Crippen molar-refractivity contribution in [3.63, 3.8) is 0 Å². The first-order valence-electron chi connectivity index (χ1n) is 6.95. The van der Waals surface area contributed by atoms with Crippen LogP contribution in [0.3, 0.4) is 0 Å². The predicted molar refractivity (Wildman–Crippen MR) is 86.5 cm³/mol. The number of pyridine rings is 1. The Kier molecular flexibility index (Phi) is 5.02. The number of aryl methyl sites for hydroxylation is 2. The van der Waals surface area contributed by atoms with Gasteiger partial charge in [-0.2, -0.15) is 0 Å². The van der Waals surface area contributed by atoms with E-state index in [0.29, 0.717) is 5.88 Å². The monoisotopic (exact) mass is 288 g/mol. The summed E-state index contributed by atoms with van der Waals surface area (Å²) in [6.07, 6.45) is 0.927. The van der Waals surface area contributed by atoms with Crippen molar-refractivity contribution in [1.29, 1.82) is 0 Å². The van der Waals surface area contributed by atoms with Gasteiger partial charge in [-0.3, -0.25) is 0 Å². The van der Waals surface area contributed by atoms with Gasteiger partial charge in [-0.25, -0.2) is 4.98 Å². The number of aromatic nitrogens is 1. The highest BCUT2D eigenvalue weighted by molar-refractivity contribution is 6.17. The third-order valence-electron chi connectivity index (χ3n) is 3.37. The zero-order chi connectivity index (χ0) is 14.5. The van der Waals surface area contributed by atoms with Gasteiger partial charge in [0.1, 0.15) is 5.82 Å². The molecule has 0 aliphatic heterocycles. The Morgan fingerprint density at radius 3 is 2.40 bits per heavy atom. The van der Waals surface area contributed by atoms with Gasteiger partial charge in [0.05, 0.1) is 0 Å². The number of nitrogens with zero attached hydrogens (tertiary/aromatic N) is 2. The maximum atomic E-state index is 5.96. The smallest absolute Gasteiger partial charge is 0.129 e. The van der Waals surface area contributed by atoms with Crippen LogP contribution in [0.25, 0.3) is 0 Å². The third kappa shape index (κ3) is 3.73. The molecule has 20 heavy (non-hydrogen) atoms. The molecular formula is C17H21ClN2. The van der Waals surface area contributed by atoms with Crippen molar-refractivity contribution in [3.05, 3.63) is 58.8 Å². The molecule has 0 N–H and O–H groups in total. The zero-order valence-corrected chi connectivity index (χ0v) is 13.1. The molecule has 0 spiro atoms. The normalized spacial score (nSPS) is 10.6. The summed E-state index contributed by atoms with van der Waals surface area (Å²) in [5.41, 5.74) is 4.79. The summed E-state index contributed by atoms with van der Waals surface area (Å²) in [5.74, 6) is 1.52. The van der Waals surface area contributed by atoms with E-state index in [-0.39, 0.29) is 0 Å². The summed E-state index contributed by atoms with van der Waals surface area (Å²) < 4.78 is 0. The van der Waals surface area contributed by atoms with Crippen LogP contribution in [-0.4, -0.2) is 12.0 Å². The Bertz CT molecular complexity index is 541. The molecule has 0 aliphatic rings. The van der Waals surface area contributed by atoms with Crippen LogP contribution in [0, 0.1) is 6.92 Å². The van der Waals surface area contributed by atoms with Crippen molar-refractivity contribution in [2.45, 2.75) is 32.7 Å². The van der Waals surface area contributed by atoms with E-state index in [9.17, 15) is 0 Å². The molecule has 0 saturated heterocycles. The minimum Gasteiger partial charge on any atom is -0.355 e. The molecule has 0 atom stereocenters. The minimum absolute atomic E-state index is 0.529. The van der Waals surface area contributed by atoms with Crippen LogP contribution in [0.1, 0.15) is 29.3 Å². The second-order valence-corrected chi connectivity index (χ2v) is 5.42. The van der Waals surface area contributed by atoms with E-state index in [1.54, 1.807) is 0 Å². The molecule has 0 bridgehead atoms. The molecule has 2 nitrogen and oxygen atoms in total. The number of alkyl halides is 1. The first kappa shape index (κ1) is 14.9. The van der Waals surface area contributed by atoms with Gasteiger partial charge in [-0.1, -0.05) is 36.8 Å². The summed E-state index contributed by atoms with van der Waals surface area (Å²) in [4.78, 5) is 6.85. The van der Waals surface area contributed by atoms with E-state index in [0.717, 1.165) is 30.0 Å². The number of benzene rings is 1. The Morgan fingerprint density at radius 2 is 1.80 bits per heavy atom. The van der Waals surface area contributed by atoms with E-state index in [1.807, 2.05) is 0 Å². The topological polar surface area (TPSA) is 16.1 Å². The van der Waals surface area contributed by atoms with Crippen molar-refractivity contribution in [3.8, 4) is 0 Å². The minimum atomic E-state index is 0.529. The van der Waals surface area contributed by atoms with Gasteiger partial charge in [-0.05, 0) is 36.6 Å². The lowest BCUT2D eigenvalue weighted by molar-refractivity contribution is 0.879. The van der Waals surface area contributed by atoms with Gasteiger partial charge in [0.15, 0.2) is 0 Å². The molecule has 0 radical (unpaired) electrons. The Morgan fingerprint density at radius 1 is 1.10 bits per heavy atom. The molecule has 1 aromatic heterocycles. The molecule has 1 aromatic carbocycles. The molecule has 2 aromatic rings. The van der Waals surface area contributed by atoms with Crippen LogP contribution in [0.15, 0.2) is 36.4 Å². The van der Waals surface area contributed by atoms with E-state index in [1.165, 1.54) is 11.1 Å². The average Bonchev–Trinajstić information content (AvgIpc) is 2.48. The summed E-state index contributed by atoms with van der Waals surface area (Å²) in [5, 5.41) is 0. The lowest BCUT2D eigenvalue weighted by Gasteiger charge is -2.20. The molecule has 106 valence electrons. The standard InChI is InChI=1S/C17H21ClN2/c1-4-16-9-15(11-18)10-17(19-16)20(3)12-14-7-5-13(2)6-8-14/h5-10H,4,11-12H2,1-3H3. The molecule has 0 amide bonds. The highest BCUT2D eigenvalue weighted by Gasteiger charge is 2.07. The van der Waals surface area contributed by atoms with Crippen molar-refractivity contribution in [2.24, 2.45) is 0 Å². The van der Waals surface area contributed by atoms with E-state index in [4.69, 9.17) is 11.6 Å². The lowest BCUT2D eigenvalue weighted by Crippen LogP contribution is -2.18. The number of rotatable bonds is 5. The lowest BCUT2D eigenvalue weighted by atomic mass is 10.1. The van der Waals surface area contributed by atoms with Gasteiger partial charge in [-0.15, -0.1) is 11.6 Å². The Hall–Kier alpha value is -1.54. The van der Waals surface area contributed by atoms with Crippen LogP contribution >= 0.6 is 11.6 Å². The van der Waals surface area contributed by atoms with Crippen molar-refractivity contribution >= 4 is 17.4 Å². The average molecular weight is 289 g/mol. The zero-order valence-electron chi connectivity index (χ0n) is 12.4. The van der Waals surface area contributed by atoms with Gasteiger partial charge >= 0.3 is 0 Å². The van der Waals surface area contributed by atoms with E-state index >= 15 is 0 Å². The van der Waals surface area contributed by atoms with Crippen molar-refractivity contribution in [1.82, 2.24) is 4.98 Å². The molecule has 0 saturated carbocycles. The van der Waals surface area contributed by atoms with Gasteiger partial charge < -0.3 is 4.90 Å². The molecule has 2 rings (SSSR count). The fourth-order valence-electron chi connectivity index (χ4n) is 2.14. The Labute approximate surface area is 126 Å². The summed E-state index contributed by atoms with van der Waals surface area (Å²) >= 11 is 5.96. The largest absolute Gasteiger partial charge is 0.355 e. The number of hydrogen-bond acceptors (Lipinski definition) is 2. The Balaban J connectivity index is 2.19. The molecule has 1 heterocycles. The van der Waals surface area contributed by atoms with E-state index in [2.05, 4.69) is 67.2 Å². The van der Waals surface area contributed by atoms with Crippen LogP contribution in [0.4, 0.5) is 5.82 Å². The number of anilines is 1. The van der Waals surface area contributed by atoms with Crippen molar-refractivity contribution in [2.75, 3.05) is 11.9 Å². The van der Waals surface area contributed by atoms with Crippen molar-refractivity contribution < 1.29 is 0 Å². The fraction of sp³-hybridized carbons (Fsp3) is 0.353. The van der Waals surface area contributed by atoms with Crippen LogP contribution < -0.4 is 4.90 Å². The molecule has 3 heteroatoms. The second-order valence-electron chi connectivity index (χ2n) is 5.15. The number of halogens is 1. The molecular weight excluding hydrogens is 268 g/mol. The molecule has 0 fully saturated rings. The maximum Gasteiger partial charge on any atom is 0.129 e. The van der Waals surface area contributed by atoms with Gasteiger partial charge in [0, 0.05) is 25.2 Å². The molecule has 0 aliphatic carbocycles. The second kappa shape index (κ2) is 6.76. The van der Waals surface area contributed by atoms with Gasteiger partial charge in [0.2, 0.25) is 0 Å². The highest BCUT2D eigenvalue weighted by atomic mass is 35.5. The number of hydrogen-bond donors (Lipinski definition) is 0. The first-order valence-corrected chi connectivity index (χ1v) is 7.48. The summed E-state index contributed by atoms with van der Waals surface area (Å²) in [6.45, 7) is 5.07. The first-order chi connectivity index (χ1) is 9.62. The summed E-state index contributed by atoms with van der Waals surface area (Å²) in [7, 11) is 2.07. The maximum absolute atomic E-state index is 5.96. The highest BCUT2D eigenvalue weighted by Crippen LogP contribution is 2.18. The fourth-order valence-corrected chi connectivity index (χ4v) is 2.29. The van der Waals surface area contributed by atoms with E-state index < -0.39 is 0 Å². The molecule has 0 unspecified atom stereocenters. The SMILES string of the molecule is CCc1cc(CCl)cc(N(C)Cc2ccc(C)cc2)n1. The summed E-state index contributed by atoms with van der Waals surface area (Å²) in [6, 6.07) is 12.8. The quantitative estimate of drug-likeness (QED) is 0.762. The van der Waals surface area contributed by atoms with Crippen LogP contribution in [0.2, 0.25) is 0 Å². The van der Waals surface area contributed by atoms with Crippen LogP contribution in [0.5, 0.6) is 0 Å². The van der Waals surface area contributed by atoms with Gasteiger partial charge in [0.25, 0.3) is 0 Å². The predicted octanol–water partition coefficient (Wildman–Crippen LogP) is 4.33.